The fourth-order valence-corrected chi connectivity index (χ4v) is 4.80. The molecule has 0 aliphatic rings. The van der Waals surface area contributed by atoms with Crippen molar-refractivity contribution >= 4 is 0 Å². The number of rotatable bonds is 7. The molecule has 0 N–H and O–H groups in total. The maximum atomic E-state index is 2.32. The zero-order valence-electron chi connectivity index (χ0n) is 21.7. The van der Waals surface area contributed by atoms with Crippen LogP contribution in [-0.4, -0.2) is 0 Å². The topological polar surface area (TPSA) is 0 Å². The summed E-state index contributed by atoms with van der Waals surface area (Å²) in [6.07, 6.45) is 2.12. The fourth-order valence-electron chi connectivity index (χ4n) is 4.80. The van der Waals surface area contributed by atoms with Crippen molar-refractivity contribution in [3.63, 3.8) is 0 Å². The third-order valence-corrected chi connectivity index (χ3v) is 7.57. The second kappa shape index (κ2) is 9.63. The van der Waals surface area contributed by atoms with Crippen LogP contribution in [0.15, 0.2) is 97.1 Å². The van der Waals surface area contributed by atoms with Crippen molar-refractivity contribution in [3.8, 4) is 0 Å². The fraction of sp³-hybridized carbons (Fsp3) is 0.294. The predicted molar refractivity (Wildman–Crippen MR) is 147 cm³/mol. The van der Waals surface area contributed by atoms with E-state index in [-0.39, 0.29) is 10.8 Å². The first-order valence-electron chi connectivity index (χ1n) is 12.5. The summed E-state index contributed by atoms with van der Waals surface area (Å²) in [6, 6.07) is 36.3. The molecule has 4 aromatic carbocycles. The lowest BCUT2D eigenvalue weighted by Gasteiger charge is -2.27. The molecule has 0 aromatic heterocycles. The first-order valence-corrected chi connectivity index (χ1v) is 12.5. The van der Waals surface area contributed by atoms with Crippen LogP contribution in [0.4, 0.5) is 0 Å². The smallest absolute Gasteiger partial charge is 0.0146 e. The SMILES string of the molecule is Cc1ccc(C(C)(C)c2ccc(CCc3ccc(C(C)(C)c4cccc(C)c4)cc3)cc2)cc1. The quantitative estimate of drug-likeness (QED) is 0.266. The molecule has 0 spiro atoms. The maximum Gasteiger partial charge on any atom is 0.0146 e. The van der Waals surface area contributed by atoms with Gasteiger partial charge < -0.3 is 0 Å². The highest BCUT2D eigenvalue weighted by Gasteiger charge is 2.24. The van der Waals surface area contributed by atoms with Crippen molar-refractivity contribution in [1.82, 2.24) is 0 Å². The van der Waals surface area contributed by atoms with E-state index in [1.54, 1.807) is 0 Å². The largest absolute Gasteiger partial charge is 0.0617 e. The average Bonchev–Trinajstić information content (AvgIpc) is 2.83. The number of aryl methyl sites for hydroxylation is 4. The van der Waals surface area contributed by atoms with Crippen LogP contribution in [0.25, 0.3) is 0 Å². The Labute approximate surface area is 206 Å². The molecule has 0 fully saturated rings. The minimum atomic E-state index is 0.00460. The Morgan fingerprint density at radius 3 is 1.29 bits per heavy atom. The second-order valence-corrected chi connectivity index (χ2v) is 10.9. The number of hydrogen-bond acceptors (Lipinski definition) is 0. The monoisotopic (exact) mass is 446 g/mol. The van der Waals surface area contributed by atoms with E-state index in [1.807, 2.05) is 0 Å². The second-order valence-electron chi connectivity index (χ2n) is 10.9. The molecule has 34 heavy (non-hydrogen) atoms. The van der Waals surface area contributed by atoms with Crippen LogP contribution in [0, 0.1) is 13.8 Å². The summed E-state index contributed by atoms with van der Waals surface area (Å²) >= 11 is 0. The lowest BCUT2D eigenvalue weighted by Crippen LogP contribution is -2.19. The first-order chi connectivity index (χ1) is 16.2. The normalized spacial score (nSPS) is 12.1. The Morgan fingerprint density at radius 2 is 0.853 bits per heavy atom. The highest BCUT2D eigenvalue weighted by atomic mass is 14.3. The molecule has 4 rings (SSSR count). The molecule has 0 saturated carbocycles. The average molecular weight is 447 g/mol. The third-order valence-electron chi connectivity index (χ3n) is 7.57. The van der Waals surface area contributed by atoms with Gasteiger partial charge in [0, 0.05) is 10.8 Å². The molecular formula is C34H38. The molecule has 174 valence electrons. The zero-order valence-corrected chi connectivity index (χ0v) is 21.7. The molecule has 0 radical (unpaired) electrons. The van der Waals surface area contributed by atoms with Crippen LogP contribution < -0.4 is 0 Å². The molecule has 0 saturated heterocycles. The number of benzene rings is 4. The van der Waals surface area contributed by atoms with E-state index in [0.29, 0.717) is 0 Å². The van der Waals surface area contributed by atoms with Gasteiger partial charge in [0.25, 0.3) is 0 Å². The maximum absolute atomic E-state index is 2.32. The van der Waals surface area contributed by atoms with Gasteiger partial charge in [-0.05, 0) is 60.1 Å². The van der Waals surface area contributed by atoms with Gasteiger partial charge in [-0.1, -0.05) is 136 Å². The zero-order chi connectivity index (χ0) is 24.3. The van der Waals surface area contributed by atoms with Crippen molar-refractivity contribution in [2.45, 2.75) is 65.2 Å². The Kier molecular flexibility index (Phi) is 6.80. The van der Waals surface area contributed by atoms with Gasteiger partial charge in [0.1, 0.15) is 0 Å². The summed E-state index contributed by atoms with van der Waals surface area (Å²) in [5.41, 5.74) is 10.9. The van der Waals surface area contributed by atoms with Crippen molar-refractivity contribution < 1.29 is 0 Å². The van der Waals surface area contributed by atoms with Gasteiger partial charge in [0.15, 0.2) is 0 Å². The minimum Gasteiger partial charge on any atom is -0.0617 e. The molecule has 0 aliphatic heterocycles. The Bertz CT molecular complexity index is 1220. The van der Waals surface area contributed by atoms with E-state index in [1.165, 1.54) is 44.5 Å². The number of hydrogen-bond donors (Lipinski definition) is 0. The van der Waals surface area contributed by atoms with Crippen molar-refractivity contribution in [3.05, 3.63) is 142 Å². The van der Waals surface area contributed by atoms with Crippen LogP contribution >= 0.6 is 0 Å². The van der Waals surface area contributed by atoms with Crippen molar-refractivity contribution in [2.75, 3.05) is 0 Å². The molecule has 0 nitrogen and oxygen atoms in total. The van der Waals surface area contributed by atoms with E-state index in [2.05, 4.69) is 139 Å². The molecular weight excluding hydrogens is 408 g/mol. The van der Waals surface area contributed by atoms with E-state index in [9.17, 15) is 0 Å². The highest BCUT2D eigenvalue weighted by molar-refractivity contribution is 5.41. The molecule has 0 unspecified atom stereocenters. The van der Waals surface area contributed by atoms with Crippen LogP contribution in [-0.2, 0) is 23.7 Å². The van der Waals surface area contributed by atoms with E-state index >= 15 is 0 Å². The van der Waals surface area contributed by atoms with Gasteiger partial charge in [-0.15, -0.1) is 0 Å². The van der Waals surface area contributed by atoms with Gasteiger partial charge in [0.05, 0.1) is 0 Å². The summed E-state index contributed by atoms with van der Waals surface area (Å²) in [5, 5.41) is 0. The van der Waals surface area contributed by atoms with Gasteiger partial charge in [0.2, 0.25) is 0 Å². The summed E-state index contributed by atoms with van der Waals surface area (Å²) in [4.78, 5) is 0. The van der Waals surface area contributed by atoms with Crippen LogP contribution in [0.5, 0.6) is 0 Å². The Hall–Kier alpha value is -3.12. The van der Waals surface area contributed by atoms with Crippen LogP contribution in [0.3, 0.4) is 0 Å². The molecule has 0 bridgehead atoms. The van der Waals surface area contributed by atoms with E-state index < -0.39 is 0 Å². The van der Waals surface area contributed by atoms with Gasteiger partial charge in [-0.3, -0.25) is 0 Å². The molecule has 4 aromatic rings. The molecule has 0 heterocycles. The minimum absolute atomic E-state index is 0.00460. The summed E-state index contributed by atoms with van der Waals surface area (Å²) in [6.45, 7) is 13.6. The predicted octanol–water partition coefficient (Wildman–Crippen LogP) is 8.74. The third kappa shape index (κ3) is 5.17. The molecule has 0 aliphatic carbocycles. The van der Waals surface area contributed by atoms with Gasteiger partial charge >= 0.3 is 0 Å². The Balaban J connectivity index is 1.41. The summed E-state index contributed by atoms with van der Waals surface area (Å²) in [7, 11) is 0. The molecule has 0 heteroatoms. The van der Waals surface area contributed by atoms with Gasteiger partial charge in [-0.25, -0.2) is 0 Å². The lowest BCUT2D eigenvalue weighted by atomic mass is 9.77. The standard InChI is InChI=1S/C34H38/c1-25-10-18-29(19-11-25)33(3,4)30-20-14-27(15-21-30)12-13-28-16-22-31(23-17-28)34(5,6)32-9-7-8-26(2)24-32/h7-11,14-24H,12-13H2,1-6H3. The van der Waals surface area contributed by atoms with Crippen LogP contribution in [0.1, 0.15) is 72.2 Å². The van der Waals surface area contributed by atoms with Crippen molar-refractivity contribution in [1.29, 1.82) is 0 Å². The van der Waals surface area contributed by atoms with Crippen molar-refractivity contribution in [2.24, 2.45) is 0 Å². The van der Waals surface area contributed by atoms with E-state index in [4.69, 9.17) is 0 Å². The Morgan fingerprint density at radius 1 is 0.441 bits per heavy atom. The van der Waals surface area contributed by atoms with Gasteiger partial charge in [-0.2, -0.15) is 0 Å². The van der Waals surface area contributed by atoms with Crippen LogP contribution in [0.2, 0.25) is 0 Å². The van der Waals surface area contributed by atoms with E-state index in [0.717, 1.165) is 12.8 Å². The highest BCUT2D eigenvalue weighted by Crippen LogP contribution is 2.33. The summed E-state index contributed by atoms with van der Waals surface area (Å²) in [5.74, 6) is 0. The lowest BCUT2D eigenvalue weighted by molar-refractivity contribution is 0.639. The first kappa shape index (κ1) is 24.0. The molecule has 0 amide bonds. The summed E-state index contributed by atoms with van der Waals surface area (Å²) < 4.78 is 0. The molecule has 0 atom stereocenters.